The van der Waals surface area contributed by atoms with Gasteiger partial charge >= 0.3 is 5.97 Å². The molecule has 38 heavy (non-hydrogen) atoms. The average molecular weight is 517 g/mol. The van der Waals surface area contributed by atoms with E-state index in [2.05, 4.69) is 5.32 Å². The van der Waals surface area contributed by atoms with Crippen molar-refractivity contribution in [2.75, 3.05) is 0 Å². The summed E-state index contributed by atoms with van der Waals surface area (Å²) in [4.78, 5) is 55.8. The second-order valence-corrected chi connectivity index (χ2v) is 10.7. The van der Waals surface area contributed by atoms with Crippen molar-refractivity contribution >= 4 is 17.8 Å². The Balaban J connectivity index is 1.67. The SMILES string of the molecule is Cc1c(C2NC(CC(C)C)(C(=O)O)C3C(=O)N(Cc4ccccc4)C(=O)C23)c(=O)n(-c2ccccc2)n1C. The number of carboxylic acids is 1. The molecule has 4 unspecified atom stereocenters. The Hall–Kier alpha value is -3.98. The van der Waals surface area contributed by atoms with Crippen LogP contribution in [0.4, 0.5) is 0 Å². The molecule has 4 atom stereocenters. The number of imide groups is 1. The Kier molecular flexibility index (Phi) is 6.35. The van der Waals surface area contributed by atoms with Crippen LogP contribution < -0.4 is 10.9 Å². The lowest BCUT2D eigenvalue weighted by atomic mass is 9.75. The van der Waals surface area contributed by atoms with E-state index >= 15 is 0 Å². The van der Waals surface area contributed by atoms with E-state index in [1.165, 1.54) is 9.58 Å². The van der Waals surface area contributed by atoms with Crippen LogP contribution in [0.2, 0.25) is 0 Å². The first-order valence-corrected chi connectivity index (χ1v) is 12.8. The zero-order valence-electron chi connectivity index (χ0n) is 21.9. The molecule has 2 N–H and O–H groups in total. The van der Waals surface area contributed by atoms with Crippen molar-refractivity contribution in [3.8, 4) is 5.69 Å². The van der Waals surface area contributed by atoms with Gasteiger partial charge in [0.1, 0.15) is 5.54 Å². The zero-order chi connectivity index (χ0) is 27.4. The van der Waals surface area contributed by atoms with Crippen molar-refractivity contribution in [1.29, 1.82) is 0 Å². The van der Waals surface area contributed by atoms with Crippen molar-refractivity contribution in [2.45, 2.75) is 45.3 Å². The summed E-state index contributed by atoms with van der Waals surface area (Å²) in [7, 11) is 1.75. The fourth-order valence-electron chi connectivity index (χ4n) is 6.29. The lowest BCUT2D eigenvalue weighted by Gasteiger charge is -2.32. The van der Waals surface area contributed by atoms with E-state index in [0.29, 0.717) is 16.9 Å². The quantitative estimate of drug-likeness (QED) is 0.467. The molecular formula is C29H32N4O5. The molecule has 1 aromatic heterocycles. The summed E-state index contributed by atoms with van der Waals surface area (Å²) in [6.07, 6.45) is 0.136. The van der Waals surface area contributed by atoms with E-state index in [1.54, 1.807) is 18.7 Å². The fraction of sp³-hybridized carbons (Fsp3) is 0.379. The van der Waals surface area contributed by atoms with Crippen molar-refractivity contribution in [3.05, 3.63) is 87.8 Å². The van der Waals surface area contributed by atoms with Gasteiger partial charge in [0.15, 0.2) is 0 Å². The van der Waals surface area contributed by atoms with Crippen LogP contribution in [0, 0.1) is 24.7 Å². The van der Waals surface area contributed by atoms with Gasteiger partial charge in [-0.2, -0.15) is 0 Å². The summed E-state index contributed by atoms with van der Waals surface area (Å²) in [5.41, 5.74) is 0.290. The number of benzene rings is 2. The van der Waals surface area contributed by atoms with E-state index in [1.807, 2.05) is 74.5 Å². The smallest absolute Gasteiger partial charge is 0.324 e. The molecular weight excluding hydrogens is 484 g/mol. The Morgan fingerprint density at radius 1 is 1.00 bits per heavy atom. The number of amides is 2. The molecule has 3 heterocycles. The molecule has 5 rings (SSSR count). The van der Waals surface area contributed by atoms with Gasteiger partial charge in [-0.25, -0.2) is 4.68 Å². The minimum Gasteiger partial charge on any atom is -0.480 e. The van der Waals surface area contributed by atoms with Gasteiger partial charge in [0.05, 0.1) is 35.7 Å². The topological polar surface area (TPSA) is 114 Å². The Morgan fingerprint density at radius 2 is 1.61 bits per heavy atom. The molecule has 0 spiro atoms. The van der Waals surface area contributed by atoms with Crippen LogP contribution in [-0.4, -0.2) is 42.7 Å². The first-order chi connectivity index (χ1) is 18.1. The minimum atomic E-state index is -1.69. The molecule has 0 saturated carbocycles. The Bertz CT molecular complexity index is 1460. The average Bonchev–Trinajstić information content (AvgIpc) is 3.43. The van der Waals surface area contributed by atoms with Crippen LogP contribution in [-0.2, 0) is 28.0 Å². The maximum atomic E-state index is 13.9. The highest BCUT2D eigenvalue weighted by Crippen LogP contribution is 2.51. The van der Waals surface area contributed by atoms with Crippen molar-refractivity contribution in [1.82, 2.24) is 19.6 Å². The summed E-state index contributed by atoms with van der Waals surface area (Å²) < 4.78 is 3.21. The molecule has 2 aliphatic heterocycles. The minimum absolute atomic E-state index is 0.0532. The van der Waals surface area contributed by atoms with Gasteiger partial charge in [-0.1, -0.05) is 62.4 Å². The van der Waals surface area contributed by atoms with Crippen LogP contribution in [0.25, 0.3) is 5.69 Å². The number of nitrogens with one attached hydrogen (secondary N) is 1. The Labute approximate surface area is 220 Å². The second-order valence-electron chi connectivity index (χ2n) is 10.7. The molecule has 0 aliphatic carbocycles. The van der Waals surface area contributed by atoms with Crippen molar-refractivity contribution in [3.63, 3.8) is 0 Å². The second kappa shape index (κ2) is 9.40. The van der Waals surface area contributed by atoms with Gasteiger partial charge in [-0.15, -0.1) is 0 Å². The number of carbonyl (C=O) groups is 3. The number of aromatic nitrogens is 2. The van der Waals surface area contributed by atoms with Crippen molar-refractivity contribution in [2.24, 2.45) is 24.8 Å². The monoisotopic (exact) mass is 516 g/mol. The lowest BCUT2D eigenvalue weighted by Crippen LogP contribution is -2.56. The molecule has 2 aliphatic rings. The number of fused-ring (bicyclic) bond motifs is 1. The summed E-state index contributed by atoms with van der Waals surface area (Å²) in [5, 5.41) is 13.7. The lowest BCUT2D eigenvalue weighted by molar-refractivity contribution is -0.152. The third kappa shape index (κ3) is 3.80. The standard InChI is InChI=1S/C29H32N4O5/c1-17(2)15-29(28(37)38)23-22(25(34)32(27(23)36)16-19-11-7-5-8-12-19)24(30-29)21-18(3)31(4)33(26(21)35)20-13-9-6-10-14-20/h5-14,17,22-24,30H,15-16H2,1-4H3,(H,37,38). The van der Waals surface area contributed by atoms with Crippen LogP contribution in [0.3, 0.4) is 0 Å². The van der Waals surface area contributed by atoms with Crippen LogP contribution >= 0.6 is 0 Å². The number of hydrogen-bond donors (Lipinski definition) is 2. The summed E-state index contributed by atoms with van der Waals surface area (Å²) in [6.45, 7) is 5.60. The summed E-state index contributed by atoms with van der Waals surface area (Å²) in [6, 6.07) is 17.3. The third-order valence-corrected chi connectivity index (χ3v) is 7.95. The van der Waals surface area contributed by atoms with Crippen molar-refractivity contribution < 1.29 is 19.5 Å². The number of rotatable bonds is 7. The molecule has 2 amide bonds. The van der Waals surface area contributed by atoms with Gasteiger partial charge in [0.25, 0.3) is 5.56 Å². The largest absolute Gasteiger partial charge is 0.480 e. The molecule has 2 aromatic carbocycles. The first kappa shape index (κ1) is 25.7. The molecule has 0 bridgehead atoms. The number of nitrogens with zero attached hydrogens (tertiary/aromatic N) is 3. The number of carboxylic acid groups (broad SMARTS) is 1. The van der Waals surface area contributed by atoms with Gasteiger partial charge in [-0.3, -0.25) is 34.1 Å². The maximum Gasteiger partial charge on any atom is 0.324 e. The normalized spacial score (nSPS) is 24.9. The zero-order valence-corrected chi connectivity index (χ0v) is 21.9. The molecule has 3 aromatic rings. The third-order valence-electron chi connectivity index (χ3n) is 7.95. The number of likely N-dealkylation sites (tertiary alicyclic amines) is 1. The molecule has 198 valence electrons. The number of para-hydroxylation sites is 1. The number of aliphatic carboxylic acids is 1. The van der Waals surface area contributed by atoms with E-state index in [4.69, 9.17) is 0 Å². The fourth-order valence-corrected chi connectivity index (χ4v) is 6.29. The predicted molar refractivity (Wildman–Crippen MR) is 140 cm³/mol. The highest BCUT2D eigenvalue weighted by Gasteiger charge is 2.69. The molecule has 9 heteroatoms. The summed E-state index contributed by atoms with van der Waals surface area (Å²) in [5.74, 6) is -4.39. The summed E-state index contributed by atoms with van der Waals surface area (Å²) >= 11 is 0. The molecule has 2 saturated heterocycles. The number of hydrogen-bond acceptors (Lipinski definition) is 5. The van der Waals surface area contributed by atoms with Gasteiger partial charge in [0, 0.05) is 12.7 Å². The first-order valence-electron chi connectivity index (χ1n) is 12.8. The van der Waals surface area contributed by atoms with Gasteiger partial charge in [-0.05, 0) is 37.0 Å². The van der Waals surface area contributed by atoms with Gasteiger partial charge in [0.2, 0.25) is 11.8 Å². The molecule has 9 nitrogen and oxygen atoms in total. The molecule has 0 radical (unpaired) electrons. The van der Waals surface area contributed by atoms with Gasteiger partial charge < -0.3 is 5.11 Å². The van der Waals surface area contributed by atoms with Crippen LogP contribution in [0.1, 0.15) is 43.1 Å². The van der Waals surface area contributed by atoms with Crippen LogP contribution in [0.15, 0.2) is 65.5 Å². The number of carbonyl (C=O) groups excluding carboxylic acids is 2. The van der Waals surface area contributed by atoms with E-state index < -0.39 is 41.2 Å². The predicted octanol–water partition coefficient (Wildman–Crippen LogP) is 2.80. The van der Waals surface area contributed by atoms with Crippen LogP contribution in [0.5, 0.6) is 0 Å². The highest BCUT2D eigenvalue weighted by atomic mass is 16.4. The maximum absolute atomic E-state index is 13.9. The molecule has 2 fully saturated rings. The van der Waals surface area contributed by atoms with E-state index in [9.17, 15) is 24.3 Å². The highest BCUT2D eigenvalue weighted by molar-refractivity contribution is 6.09. The van der Waals surface area contributed by atoms with E-state index in [0.717, 1.165) is 5.56 Å². The Morgan fingerprint density at radius 3 is 2.18 bits per heavy atom. The van der Waals surface area contributed by atoms with E-state index in [-0.39, 0.29) is 24.4 Å².